The number of allylic oxidation sites excluding steroid dienone is 18. The maximum Gasteiger partial charge on any atom is 0.328 e. The van der Waals surface area contributed by atoms with Gasteiger partial charge in [-0.15, -0.1) is 0 Å². The first kappa shape index (κ1) is 61.5. The van der Waals surface area contributed by atoms with Gasteiger partial charge in [-0.3, -0.25) is 14.4 Å². The molecule has 372 valence electrons. The highest BCUT2D eigenvalue weighted by atomic mass is 16.5. The molecule has 9 nitrogen and oxygen atoms in total. The van der Waals surface area contributed by atoms with Gasteiger partial charge in [0.25, 0.3) is 0 Å². The summed E-state index contributed by atoms with van der Waals surface area (Å²) in [5.74, 6) is -2.35. The third kappa shape index (κ3) is 46.0. The van der Waals surface area contributed by atoms with Crippen LogP contribution in [0.3, 0.4) is 0 Å². The number of hydrogen-bond donors (Lipinski definition) is 4. The lowest BCUT2D eigenvalue weighted by molar-refractivity contribution is -0.150. The van der Waals surface area contributed by atoms with Gasteiger partial charge in [0.15, 0.2) is 0 Å². The highest BCUT2D eigenvalue weighted by Crippen LogP contribution is 2.18. The largest absolute Gasteiger partial charge is 0.480 e. The molecule has 66 heavy (non-hydrogen) atoms. The van der Waals surface area contributed by atoms with E-state index in [1.165, 1.54) is 25.7 Å². The molecule has 4 N–H and O–H groups in total. The van der Waals surface area contributed by atoms with Crippen molar-refractivity contribution in [2.75, 3.05) is 13.2 Å². The lowest BCUT2D eigenvalue weighted by Gasteiger charge is -2.18. The van der Waals surface area contributed by atoms with E-state index in [0.717, 1.165) is 141 Å². The summed E-state index contributed by atoms with van der Waals surface area (Å²) in [4.78, 5) is 47.8. The molecule has 0 heterocycles. The van der Waals surface area contributed by atoms with Crippen LogP contribution in [0.25, 0.3) is 0 Å². The third-order valence-electron chi connectivity index (χ3n) is 10.8. The Balaban J connectivity index is 4.40. The number of rotatable bonds is 45. The van der Waals surface area contributed by atoms with E-state index in [1.807, 2.05) is 0 Å². The molecule has 0 aliphatic rings. The fraction of sp³-hybridized carbons (Fsp3) is 0.614. The Hall–Kier alpha value is -4.50. The van der Waals surface area contributed by atoms with Gasteiger partial charge in [0.1, 0.15) is 12.1 Å². The van der Waals surface area contributed by atoms with Crippen LogP contribution in [0.1, 0.15) is 200 Å². The second-order valence-corrected chi connectivity index (χ2v) is 16.8. The Morgan fingerprint density at radius 1 is 0.455 bits per heavy atom. The summed E-state index contributed by atoms with van der Waals surface area (Å²) in [7, 11) is 0. The smallest absolute Gasteiger partial charge is 0.328 e. The molecular weight excluding hydrogens is 825 g/mol. The van der Waals surface area contributed by atoms with Gasteiger partial charge in [-0.05, 0) is 122 Å². The molecule has 0 rings (SSSR count). The molecule has 0 aliphatic carbocycles. The van der Waals surface area contributed by atoms with Crippen molar-refractivity contribution in [3.8, 4) is 0 Å². The molecule has 0 bridgehead atoms. The van der Waals surface area contributed by atoms with E-state index in [0.29, 0.717) is 12.8 Å². The lowest BCUT2D eigenvalue weighted by atomic mass is 10.0. The minimum atomic E-state index is -1.39. The Bertz CT molecular complexity index is 1470. The minimum absolute atomic E-state index is 0.0682. The lowest BCUT2D eigenvalue weighted by Crippen LogP contribution is -2.47. The molecule has 2 amide bonds. The average Bonchev–Trinajstić information content (AvgIpc) is 3.30. The van der Waals surface area contributed by atoms with Crippen molar-refractivity contribution in [3.05, 3.63) is 109 Å². The van der Waals surface area contributed by atoms with Crippen LogP contribution < -0.4 is 10.6 Å². The summed E-state index contributed by atoms with van der Waals surface area (Å²) in [5.41, 5.74) is 0. The van der Waals surface area contributed by atoms with E-state index in [1.54, 1.807) is 0 Å². The standard InChI is InChI=1S/C57H92N2O7/c1-3-5-7-9-11-13-15-17-19-20-21-22-23-24-25-26-28-30-32-34-36-41-45-49-56(63)66-52(46-42-38-35-33-31-29-27-18-16-14-12-10-8-6-4-2)47-43-39-37-40-44-48-54(61)58-50-55(62)59-53(51-60)57(64)65/h5-8,11-14,17-19,21-22,24-25,27,31,33,52-53,60H,3-4,9-10,15-16,20,23,26,28-30,32,34-51H2,1-2H3,(H,58,61)(H,59,62)(H,64,65)/b7-5-,8-6-,13-11-,14-12-,19-17-,22-21-,25-24-,27-18-,33-31-. The van der Waals surface area contributed by atoms with Crippen molar-refractivity contribution in [1.82, 2.24) is 10.6 Å². The van der Waals surface area contributed by atoms with Crippen molar-refractivity contribution in [2.24, 2.45) is 0 Å². The van der Waals surface area contributed by atoms with E-state index < -0.39 is 24.5 Å². The fourth-order valence-electron chi connectivity index (χ4n) is 6.91. The monoisotopic (exact) mass is 917 g/mol. The summed E-state index contributed by atoms with van der Waals surface area (Å²) in [6.07, 6.45) is 68.3. The number of unbranched alkanes of at least 4 members (excludes halogenated alkanes) is 13. The van der Waals surface area contributed by atoms with Gasteiger partial charge < -0.3 is 25.6 Å². The van der Waals surface area contributed by atoms with Gasteiger partial charge in [0, 0.05) is 12.8 Å². The molecule has 0 radical (unpaired) electrons. The van der Waals surface area contributed by atoms with Crippen LogP contribution in [-0.4, -0.2) is 59.3 Å². The fourth-order valence-corrected chi connectivity index (χ4v) is 6.91. The Morgan fingerprint density at radius 2 is 0.818 bits per heavy atom. The summed E-state index contributed by atoms with van der Waals surface area (Å²) in [5, 5.41) is 22.6. The van der Waals surface area contributed by atoms with Crippen molar-refractivity contribution in [1.29, 1.82) is 0 Å². The van der Waals surface area contributed by atoms with Crippen LogP contribution in [0.15, 0.2) is 109 Å². The van der Waals surface area contributed by atoms with Crippen LogP contribution >= 0.6 is 0 Å². The molecular formula is C57H92N2O7. The van der Waals surface area contributed by atoms with Gasteiger partial charge >= 0.3 is 11.9 Å². The maximum absolute atomic E-state index is 12.9. The molecule has 2 atom stereocenters. The Morgan fingerprint density at radius 3 is 1.26 bits per heavy atom. The molecule has 0 spiro atoms. The summed E-state index contributed by atoms with van der Waals surface area (Å²) in [6.45, 7) is 3.25. The number of carbonyl (C=O) groups excluding carboxylic acids is 3. The van der Waals surface area contributed by atoms with Crippen molar-refractivity contribution >= 4 is 23.8 Å². The molecule has 9 heteroatoms. The average molecular weight is 917 g/mol. The van der Waals surface area contributed by atoms with Crippen LogP contribution in [0.2, 0.25) is 0 Å². The predicted octanol–water partition coefficient (Wildman–Crippen LogP) is 13.9. The molecule has 0 aromatic rings. The van der Waals surface area contributed by atoms with E-state index in [-0.39, 0.29) is 30.9 Å². The zero-order valence-electron chi connectivity index (χ0n) is 41.4. The third-order valence-corrected chi connectivity index (χ3v) is 10.8. The number of carboxylic acid groups (broad SMARTS) is 1. The number of aliphatic hydroxyl groups excluding tert-OH is 1. The molecule has 2 unspecified atom stereocenters. The second-order valence-electron chi connectivity index (χ2n) is 16.8. The highest BCUT2D eigenvalue weighted by molar-refractivity contribution is 5.87. The Kier molecular flexibility index (Phi) is 46.5. The van der Waals surface area contributed by atoms with Crippen LogP contribution in [-0.2, 0) is 23.9 Å². The first-order chi connectivity index (χ1) is 32.3. The first-order valence-electron chi connectivity index (χ1n) is 25.8. The van der Waals surface area contributed by atoms with Crippen molar-refractivity contribution < 1.29 is 34.1 Å². The summed E-state index contributed by atoms with van der Waals surface area (Å²) in [6, 6.07) is -1.39. The summed E-state index contributed by atoms with van der Waals surface area (Å²) >= 11 is 0. The number of carbonyl (C=O) groups is 4. The number of nitrogens with one attached hydrogen (secondary N) is 2. The van der Waals surface area contributed by atoms with E-state index in [9.17, 15) is 19.2 Å². The van der Waals surface area contributed by atoms with E-state index in [2.05, 4.69) is 134 Å². The number of aliphatic carboxylic acids is 1. The van der Waals surface area contributed by atoms with Gasteiger partial charge in [-0.2, -0.15) is 0 Å². The van der Waals surface area contributed by atoms with Gasteiger partial charge in [-0.1, -0.05) is 175 Å². The quantitative estimate of drug-likeness (QED) is 0.0271. The number of esters is 1. The van der Waals surface area contributed by atoms with Gasteiger partial charge in [0.05, 0.1) is 13.2 Å². The van der Waals surface area contributed by atoms with Gasteiger partial charge in [0.2, 0.25) is 11.8 Å². The molecule has 0 aliphatic heterocycles. The predicted molar refractivity (Wildman–Crippen MR) is 277 cm³/mol. The van der Waals surface area contributed by atoms with Gasteiger partial charge in [-0.25, -0.2) is 4.79 Å². The molecule has 0 aromatic carbocycles. The molecule has 0 saturated heterocycles. The highest BCUT2D eigenvalue weighted by Gasteiger charge is 2.19. The second kappa shape index (κ2) is 49.9. The zero-order valence-corrected chi connectivity index (χ0v) is 41.4. The summed E-state index contributed by atoms with van der Waals surface area (Å²) < 4.78 is 6.04. The minimum Gasteiger partial charge on any atom is -0.480 e. The van der Waals surface area contributed by atoms with E-state index in [4.69, 9.17) is 14.9 Å². The Labute approximate surface area is 401 Å². The molecule has 0 saturated carbocycles. The van der Waals surface area contributed by atoms with Crippen LogP contribution in [0, 0.1) is 0 Å². The molecule has 0 fully saturated rings. The number of aliphatic hydroxyl groups is 1. The SMILES string of the molecule is CC/C=C\C/C=C\C/C=C\C/C=C\C/C=C\CCCCCCCCCC(=O)OC(CCCC/C=C\C/C=C\C/C=C\C/C=C\CC)CCCCCCCC(=O)NCC(=O)NC(CO)C(=O)O. The van der Waals surface area contributed by atoms with E-state index >= 15 is 0 Å². The van der Waals surface area contributed by atoms with Crippen LogP contribution in [0.4, 0.5) is 0 Å². The van der Waals surface area contributed by atoms with Crippen LogP contribution in [0.5, 0.6) is 0 Å². The number of hydrogen-bond acceptors (Lipinski definition) is 6. The topological polar surface area (TPSA) is 142 Å². The number of carboxylic acids is 1. The normalized spacial score (nSPS) is 13.4. The van der Waals surface area contributed by atoms with Crippen molar-refractivity contribution in [3.63, 3.8) is 0 Å². The number of ether oxygens (including phenoxy) is 1. The zero-order chi connectivity index (χ0) is 48.2. The molecule has 0 aromatic heterocycles. The first-order valence-corrected chi connectivity index (χ1v) is 25.8. The van der Waals surface area contributed by atoms with Crippen molar-refractivity contribution in [2.45, 2.75) is 212 Å². The maximum atomic E-state index is 12.9. The number of amides is 2.